The average Bonchev–Trinajstić information content (AvgIpc) is 2.77. The number of aromatic nitrogens is 1. The van der Waals surface area contributed by atoms with E-state index in [1.54, 1.807) is 0 Å². The summed E-state index contributed by atoms with van der Waals surface area (Å²) in [6.45, 7) is 6.27. The average molecular weight is 190 g/mol. The van der Waals surface area contributed by atoms with E-state index in [2.05, 4.69) is 24.0 Å². The van der Waals surface area contributed by atoms with E-state index in [1.807, 2.05) is 13.8 Å². The van der Waals surface area contributed by atoms with Crippen LogP contribution in [0.1, 0.15) is 36.7 Å². The minimum absolute atomic E-state index is 0.0484. The summed E-state index contributed by atoms with van der Waals surface area (Å²) in [5, 5.41) is 0. The van der Waals surface area contributed by atoms with Crippen LogP contribution in [0.3, 0.4) is 0 Å². The third kappa shape index (κ3) is 1.44. The van der Waals surface area contributed by atoms with Crippen LogP contribution in [0.25, 0.3) is 0 Å². The lowest BCUT2D eigenvalue weighted by atomic mass is 10.0. The fourth-order valence-corrected chi connectivity index (χ4v) is 2.31. The Morgan fingerprint density at radius 3 is 2.43 bits per heavy atom. The van der Waals surface area contributed by atoms with E-state index in [0.717, 1.165) is 17.8 Å². The molecule has 0 aromatic carbocycles. The number of hydrogen-bond acceptors (Lipinski definition) is 2. The van der Waals surface area contributed by atoms with E-state index in [0.29, 0.717) is 5.92 Å². The Morgan fingerprint density at radius 2 is 2.00 bits per heavy atom. The minimum atomic E-state index is -0.0484. The lowest BCUT2D eigenvalue weighted by Gasteiger charge is -2.12. The van der Waals surface area contributed by atoms with Crippen molar-refractivity contribution < 1.29 is 0 Å². The first kappa shape index (κ1) is 9.66. The Balaban J connectivity index is 2.34. The molecule has 2 unspecified atom stereocenters. The van der Waals surface area contributed by atoms with Gasteiger partial charge in [-0.25, -0.2) is 0 Å². The summed E-state index contributed by atoms with van der Waals surface area (Å²) in [5.74, 6) is 0.670. The molecule has 1 fully saturated rings. The molecule has 0 aliphatic heterocycles. The Kier molecular flexibility index (Phi) is 2.11. The molecule has 0 saturated heterocycles. The molecule has 2 heteroatoms. The highest BCUT2D eigenvalue weighted by atomic mass is 14.9. The maximum atomic E-state index is 6.33. The zero-order valence-electron chi connectivity index (χ0n) is 9.17. The Bertz CT molecular complexity index is 339. The lowest BCUT2D eigenvalue weighted by Crippen LogP contribution is -2.22. The van der Waals surface area contributed by atoms with Gasteiger partial charge in [0.1, 0.15) is 0 Å². The summed E-state index contributed by atoms with van der Waals surface area (Å²) in [6.07, 6.45) is 2.31. The van der Waals surface area contributed by atoms with Gasteiger partial charge in [0.05, 0.1) is 0 Å². The molecule has 2 atom stereocenters. The van der Waals surface area contributed by atoms with Crippen LogP contribution in [0.15, 0.2) is 12.1 Å². The van der Waals surface area contributed by atoms with Gasteiger partial charge >= 0.3 is 0 Å². The van der Waals surface area contributed by atoms with Crippen LogP contribution < -0.4 is 5.73 Å². The molecule has 1 aromatic heterocycles. The molecule has 0 amide bonds. The highest BCUT2D eigenvalue weighted by molar-refractivity contribution is 5.34. The highest BCUT2D eigenvalue weighted by Crippen LogP contribution is 2.51. The molecule has 0 spiro atoms. The van der Waals surface area contributed by atoms with Crippen molar-refractivity contribution in [2.75, 3.05) is 0 Å². The summed E-state index contributed by atoms with van der Waals surface area (Å²) in [7, 11) is 0. The number of hydrogen-bond donors (Lipinski definition) is 1. The van der Waals surface area contributed by atoms with E-state index in [4.69, 9.17) is 5.73 Å². The molecule has 1 saturated carbocycles. The van der Waals surface area contributed by atoms with Crippen LogP contribution in [0.4, 0.5) is 0 Å². The maximum absolute atomic E-state index is 6.33. The van der Waals surface area contributed by atoms with Gasteiger partial charge in [-0.2, -0.15) is 0 Å². The number of pyridine rings is 1. The van der Waals surface area contributed by atoms with Gasteiger partial charge in [0.2, 0.25) is 0 Å². The van der Waals surface area contributed by atoms with Gasteiger partial charge in [0, 0.05) is 16.9 Å². The Labute approximate surface area is 85.5 Å². The summed E-state index contributed by atoms with van der Waals surface area (Å²) in [6, 6.07) is 4.26. The standard InChI is InChI=1S/C12H18N2/c1-4-10-7-12(10,13)11-5-8(2)14-9(3)6-11/h5-6,10H,4,7,13H2,1-3H3. The summed E-state index contributed by atoms with van der Waals surface area (Å²) in [4.78, 5) is 4.37. The predicted octanol–water partition coefficient (Wildman–Crippen LogP) is 2.28. The van der Waals surface area contributed by atoms with Gasteiger partial charge in [-0.3, -0.25) is 4.98 Å². The van der Waals surface area contributed by atoms with Crippen LogP contribution in [0, 0.1) is 19.8 Å². The number of aryl methyl sites for hydroxylation is 2. The van der Waals surface area contributed by atoms with Crippen molar-refractivity contribution in [2.45, 2.75) is 39.2 Å². The van der Waals surface area contributed by atoms with Crippen LogP contribution in [-0.4, -0.2) is 4.98 Å². The minimum Gasteiger partial charge on any atom is -0.321 e. The van der Waals surface area contributed by atoms with Crippen molar-refractivity contribution >= 4 is 0 Å². The van der Waals surface area contributed by atoms with Crippen LogP contribution in [0.2, 0.25) is 0 Å². The number of rotatable bonds is 2. The fourth-order valence-electron chi connectivity index (χ4n) is 2.31. The second-order valence-corrected chi connectivity index (χ2v) is 4.49. The van der Waals surface area contributed by atoms with E-state index in [1.165, 1.54) is 12.0 Å². The van der Waals surface area contributed by atoms with Crippen molar-refractivity contribution in [3.05, 3.63) is 29.1 Å². The third-order valence-corrected chi connectivity index (χ3v) is 3.26. The largest absolute Gasteiger partial charge is 0.321 e. The van der Waals surface area contributed by atoms with E-state index >= 15 is 0 Å². The van der Waals surface area contributed by atoms with Gasteiger partial charge in [-0.1, -0.05) is 13.3 Å². The molecule has 2 nitrogen and oxygen atoms in total. The number of nitrogens with zero attached hydrogens (tertiary/aromatic N) is 1. The highest BCUT2D eigenvalue weighted by Gasteiger charge is 2.50. The molecule has 0 radical (unpaired) electrons. The monoisotopic (exact) mass is 190 g/mol. The van der Waals surface area contributed by atoms with Gasteiger partial charge in [0.15, 0.2) is 0 Å². The van der Waals surface area contributed by atoms with Gasteiger partial charge in [-0.15, -0.1) is 0 Å². The number of nitrogens with two attached hydrogens (primary N) is 1. The van der Waals surface area contributed by atoms with E-state index in [9.17, 15) is 0 Å². The van der Waals surface area contributed by atoms with Gasteiger partial charge in [0.25, 0.3) is 0 Å². The molecule has 1 aliphatic rings. The predicted molar refractivity (Wildman–Crippen MR) is 58.0 cm³/mol. The smallest absolute Gasteiger partial charge is 0.0443 e. The quantitative estimate of drug-likeness (QED) is 0.777. The van der Waals surface area contributed by atoms with E-state index < -0.39 is 0 Å². The topological polar surface area (TPSA) is 38.9 Å². The summed E-state index contributed by atoms with van der Waals surface area (Å²) in [5.41, 5.74) is 9.71. The van der Waals surface area contributed by atoms with Crippen molar-refractivity contribution in [2.24, 2.45) is 11.7 Å². The molecule has 1 aliphatic carbocycles. The van der Waals surface area contributed by atoms with Crippen LogP contribution in [-0.2, 0) is 5.54 Å². The van der Waals surface area contributed by atoms with Gasteiger partial charge < -0.3 is 5.73 Å². The van der Waals surface area contributed by atoms with Gasteiger partial charge in [-0.05, 0) is 43.9 Å². The SMILES string of the molecule is CCC1CC1(N)c1cc(C)nc(C)c1. The molecule has 1 aromatic rings. The second-order valence-electron chi connectivity index (χ2n) is 4.49. The molecule has 76 valence electrons. The first-order valence-corrected chi connectivity index (χ1v) is 5.31. The summed E-state index contributed by atoms with van der Waals surface area (Å²) < 4.78 is 0. The molecule has 1 heterocycles. The summed E-state index contributed by atoms with van der Waals surface area (Å²) >= 11 is 0. The fraction of sp³-hybridized carbons (Fsp3) is 0.583. The third-order valence-electron chi connectivity index (χ3n) is 3.26. The maximum Gasteiger partial charge on any atom is 0.0443 e. The molecular formula is C12H18N2. The molecule has 0 bridgehead atoms. The first-order valence-electron chi connectivity index (χ1n) is 5.31. The van der Waals surface area contributed by atoms with Crippen LogP contribution in [0.5, 0.6) is 0 Å². The zero-order chi connectivity index (χ0) is 10.3. The first-order chi connectivity index (χ1) is 6.56. The van der Waals surface area contributed by atoms with E-state index in [-0.39, 0.29) is 5.54 Å². The van der Waals surface area contributed by atoms with Crippen LogP contribution >= 0.6 is 0 Å². The van der Waals surface area contributed by atoms with Crippen molar-refractivity contribution in [1.82, 2.24) is 4.98 Å². The van der Waals surface area contributed by atoms with Crippen molar-refractivity contribution in [3.8, 4) is 0 Å². The molecular weight excluding hydrogens is 172 g/mol. The molecule has 2 N–H and O–H groups in total. The molecule has 2 rings (SSSR count). The van der Waals surface area contributed by atoms with Crippen molar-refractivity contribution in [1.29, 1.82) is 0 Å². The Morgan fingerprint density at radius 1 is 1.43 bits per heavy atom. The Hall–Kier alpha value is -0.890. The normalized spacial score (nSPS) is 30.4. The zero-order valence-corrected chi connectivity index (χ0v) is 9.17. The second kappa shape index (κ2) is 3.06. The molecule has 14 heavy (non-hydrogen) atoms. The van der Waals surface area contributed by atoms with Crippen molar-refractivity contribution in [3.63, 3.8) is 0 Å². The lowest BCUT2D eigenvalue weighted by molar-refractivity contribution is 0.613.